The molecule has 0 spiro atoms. The second-order valence-corrected chi connectivity index (χ2v) is 7.49. The quantitative estimate of drug-likeness (QED) is 0.589. The van der Waals surface area contributed by atoms with Gasteiger partial charge in [0, 0.05) is 16.8 Å². The molecule has 1 heterocycles. The van der Waals surface area contributed by atoms with Gasteiger partial charge in [-0.1, -0.05) is 6.07 Å². The Balaban J connectivity index is 1.74. The van der Waals surface area contributed by atoms with Gasteiger partial charge >= 0.3 is 0 Å². The first-order chi connectivity index (χ1) is 13.7. The van der Waals surface area contributed by atoms with Gasteiger partial charge in [0.25, 0.3) is 11.8 Å². The highest BCUT2D eigenvalue weighted by Gasteiger charge is 2.17. The summed E-state index contributed by atoms with van der Waals surface area (Å²) in [5.74, 6) is -1.84. The van der Waals surface area contributed by atoms with Crippen molar-refractivity contribution in [2.45, 2.75) is 13.8 Å². The number of carbonyl (C=O) groups excluding carboxylic acids is 3. The van der Waals surface area contributed by atoms with Gasteiger partial charge in [-0.3, -0.25) is 14.4 Å². The van der Waals surface area contributed by atoms with Gasteiger partial charge in [0.2, 0.25) is 5.91 Å². The number of primary amides is 1. The van der Waals surface area contributed by atoms with Gasteiger partial charge in [0.1, 0.15) is 5.82 Å². The molecule has 0 aliphatic rings. The van der Waals surface area contributed by atoms with Gasteiger partial charge in [0.15, 0.2) is 0 Å². The zero-order valence-corrected chi connectivity index (χ0v) is 16.5. The molecule has 4 N–H and O–H groups in total. The number of hydrogen-bond donors (Lipinski definition) is 3. The number of rotatable bonds is 5. The molecule has 0 aliphatic carbocycles. The lowest BCUT2D eigenvalue weighted by atomic mass is 10.1. The predicted octanol–water partition coefficient (Wildman–Crippen LogP) is 4.11. The van der Waals surface area contributed by atoms with Crippen molar-refractivity contribution in [2.75, 3.05) is 10.6 Å². The Bertz CT molecular complexity index is 1120. The fourth-order valence-corrected chi connectivity index (χ4v) is 3.75. The van der Waals surface area contributed by atoms with Crippen LogP contribution in [0.3, 0.4) is 0 Å². The molecule has 29 heavy (non-hydrogen) atoms. The molecule has 0 bridgehead atoms. The van der Waals surface area contributed by atoms with Crippen LogP contribution < -0.4 is 16.4 Å². The molecule has 148 valence electrons. The lowest BCUT2D eigenvalue weighted by Gasteiger charge is -2.08. The van der Waals surface area contributed by atoms with Crippen LogP contribution in [-0.2, 0) is 0 Å². The van der Waals surface area contributed by atoms with Crippen LogP contribution >= 0.6 is 11.3 Å². The molecule has 0 saturated carbocycles. The number of nitrogens with two attached hydrogens (primary N) is 1. The summed E-state index contributed by atoms with van der Waals surface area (Å²) in [7, 11) is 0. The molecule has 3 aromatic rings. The van der Waals surface area contributed by atoms with Crippen molar-refractivity contribution >= 4 is 39.7 Å². The van der Waals surface area contributed by atoms with Crippen LogP contribution in [0.5, 0.6) is 0 Å². The first-order valence-electron chi connectivity index (χ1n) is 8.64. The van der Waals surface area contributed by atoms with E-state index in [9.17, 15) is 18.8 Å². The van der Waals surface area contributed by atoms with Crippen molar-refractivity contribution in [1.29, 1.82) is 0 Å². The van der Waals surface area contributed by atoms with Crippen LogP contribution in [0.1, 0.15) is 41.5 Å². The Hall–Kier alpha value is -3.52. The number of nitrogens with one attached hydrogen (secondary N) is 2. The molecule has 3 rings (SSSR count). The van der Waals surface area contributed by atoms with Gasteiger partial charge < -0.3 is 16.4 Å². The maximum atomic E-state index is 13.3. The average Bonchev–Trinajstić information content (AvgIpc) is 3.01. The second kappa shape index (κ2) is 8.24. The topological polar surface area (TPSA) is 101 Å². The maximum Gasteiger partial charge on any atom is 0.266 e. The Morgan fingerprint density at radius 2 is 1.69 bits per heavy atom. The molecule has 1 aromatic heterocycles. The number of thiophene rings is 1. The van der Waals surface area contributed by atoms with Crippen LogP contribution in [0, 0.1) is 19.7 Å². The molecule has 2 aromatic carbocycles. The third-order valence-electron chi connectivity index (χ3n) is 4.20. The zero-order valence-electron chi connectivity index (χ0n) is 15.7. The van der Waals surface area contributed by atoms with E-state index in [1.807, 2.05) is 0 Å². The number of amides is 3. The van der Waals surface area contributed by atoms with Gasteiger partial charge in [-0.05, 0) is 67.4 Å². The highest BCUT2D eigenvalue weighted by atomic mass is 32.1. The molecule has 6 nitrogen and oxygen atoms in total. The summed E-state index contributed by atoms with van der Waals surface area (Å²) < 4.78 is 13.3. The van der Waals surface area contributed by atoms with Gasteiger partial charge in [-0.2, -0.15) is 0 Å². The minimum Gasteiger partial charge on any atom is -0.366 e. The number of anilines is 2. The van der Waals surface area contributed by atoms with E-state index in [1.54, 1.807) is 38.1 Å². The Labute approximate surface area is 170 Å². The Morgan fingerprint density at radius 3 is 2.34 bits per heavy atom. The van der Waals surface area contributed by atoms with E-state index in [0.717, 1.165) is 17.4 Å². The smallest absolute Gasteiger partial charge is 0.266 e. The van der Waals surface area contributed by atoms with Crippen LogP contribution in [0.25, 0.3) is 0 Å². The lowest BCUT2D eigenvalue weighted by molar-refractivity contribution is 0.0996. The van der Waals surface area contributed by atoms with E-state index in [1.165, 1.54) is 18.2 Å². The van der Waals surface area contributed by atoms with Gasteiger partial charge in [0.05, 0.1) is 9.88 Å². The molecular formula is C21H18FN3O3S. The van der Waals surface area contributed by atoms with Crippen LogP contribution in [0.2, 0.25) is 0 Å². The minimum absolute atomic E-state index is 0.187. The number of halogens is 1. The molecule has 8 heteroatoms. The predicted molar refractivity (Wildman–Crippen MR) is 111 cm³/mol. The second-order valence-electron chi connectivity index (χ2n) is 6.44. The molecule has 3 amide bonds. The monoisotopic (exact) mass is 411 g/mol. The van der Waals surface area contributed by atoms with Crippen LogP contribution in [-0.4, -0.2) is 17.7 Å². The van der Waals surface area contributed by atoms with Crippen LogP contribution in [0.4, 0.5) is 15.1 Å². The highest BCUT2D eigenvalue weighted by Crippen LogP contribution is 2.28. The normalized spacial score (nSPS) is 10.4. The standard InChI is InChI=1S/C21H18FN3O3S/c1-11-8-15(6-7-16(11)19(23)26)24-21(28)18-12(2)9-17(29-18)25-20(27)13-4-3-5-14(22)10-13/h3-10H,1-2H3,(H2,23,26)(H,24,28)(H,25,27). The molecule has 0 saturated heterocycles. The summed E-state index contributed by atoms with van der Waals surface area (Å²) >= 11 is 1.11. The third kappa shape index (κ3) is 4.67. The van der Waals surface area contributed by atoms with E-state index in [4.69, 9.17) is 5.73 Å². The first kappa shape index (κ1) is 20.2. The van der Waals surface area contributed by atoms with E-state index in [-0.39, 0.29) is 11.5 Å². The number of hydrogen-bond acceptors (Lipinski definition) is 4. The molecule has 0 atom stereocenters. The van der Waals surface area contributed by atoms with Gasteiger partial charge in [-0.15, -0.1) is 11.3 Å². The Morgan fingerprint density at radius 1 is 0.931 bits per heavy atom. The average molecular weight is 411 g/mol. The summed E-state index contributed by atoms with van der Waals surface area (Å²) in [5, 5.41) is 5.92. The van der Waals surface area contributed by atoms with Crippen molar-refractivity contribution in [3.05, 3.63) is 81.5 Å². The maximum absolute atomic E-state index is 13.3. The summed E-state index contributed by atoms with van der Waals surface area (Å²) in [6, 6.07) is 11.8. The highest BCUT2D eigenvalue weighted by molar-refractivity contribution is 7.18. The lowest BCUT2D eigenvalue weighted by Crippen LogP contribution is -2.14. The van der Waals surface area contributed by atoms with Crippen molar-refractivity contribution in [1.82, 2.24) is 0 Å². The fraction of sp³-hybridized carbons (Fsp3) is 0.0952. The van der Waals surface area contributed by atoms with Crippen molar-refractivity contribution in [3.8, 4) is 0 Å². The first-order valence-corrected chi connectivity index (χ1v) is 9.45. The third-order valence-corrected chi connectivity index (χ3v) is 5.35. The molecular weight excluding hydrogens is 393 g/mol. The van der Waals surface area contributed by atoms with E-state index >= 15 is 0 Å². The zero-order chi connectivity index (χ0) is 21.1. The Kier molecular flexibility index (Phi) is 5.74. The van der Waals surface area contributed by atoms with Gasteiger partial charge in [-0.25, -0.2) is 4.39 Å². The van der Waals surface area contributed by atoms with E-state index in [2.05, 4.69) is 10.6 Å². The fourth-order valence-electron chi connectivity index (χ4n) is 2.79. The summed E-state index contributed by atoms with van der Waals surface area (Å²) in [4.78, 5) is 36.6. The van der Waals surface area contributed by atoms with Crippen molar-refractivity contribution < 1.29 is 18.8 Å². The number of benzene rings is 2. The number of carbonyl (C=O) groups is 3. The SMILES string of the molecule is Cc1cc(NC(=O)c2sc(NC(=O)c3cccc(F)c3)cc2C)ccc1C(N)=O. The molecule has 0 aliphatic heterocycles. The van der Waals surface area contributed by atoms with Crippen molar-refractivity contribution in [2.24, 2.45) is 5.73 Å². The van der Waals surface area contributed by atoms with Crippen molar-refractivity contribution in [3.63, 3.8) is 0 Å². The molecule has 0 fully saturated rings. The van der Waals surface area contributed by atoms with E-state index in [0.29, 0.717) is 32.3 Å². The van der Waals surface area contributed by atoms with E-state index < -0.39 is 17.6 Å². The summed E-state index contributed by atoms with van der Waals surface area (Å²) in [5.41, 5.74) is 7.73. The molecule has 0 radical (unpaired) electrons. The molecule has 0 unspecified atom stereocenters. The minimum atomic E-state index is -0.534. The summed E-state index contributed by atoms with van der Waals surface area (Å²) in [6.45, 7) is 3.48. The largest absolute Gasteiger partial charge is 0.366 e. The summed E-state index contributed by atoms with van der Waals surface area (Å²) in [6.07, 6.45) is 0. The van der Waals surface area contributed by atoms with Crippen LogP contribution in [0.15, 0.2) is 48.5 Å². The number of aryl methyl sites for hydroxylation is 2.